The Morgan fingerprint density at radius 1 is 1.29 bits per heavy atom. The molecule has 1 fully saturated rings. The van der Waals surface area contributed by atoms with Gasteiger partial charge in [0.2, 0.25) is 0 Å². The number of benzene rings is 1. The topological polar surface area (TPSA) is 49.3 Å². The van der Waals surface area contributed by atoms with Crippen LogP contribution in [0.15, 0.2) is 24.3 Å². The van der Waals surface area contributed by atoms with Crippen LogP contribution < -0.4 is 5.32 Å². The van der Waals surface area contributed by atoms with Gasteiger partial charge in [0.15, 0.2) is 0 Å². The van der Waals surface area contributed by atoms with Crippen LogP contribution in [-0.2, 0) is 0 Å². The van der Waals surface area contributed by atoms with Gasteiger partial charge in [0.05, 0.1) is 5.56 Å². The molecule has 1 aromatic carbocycles. The van der Waals surface area contributed by atoms with Gasteiger partial charge >= 0.3 is 6.18 Å². The van der Waals surface area contributed by atoms with Crippen molar-refractivity contribution in [3.8, 4) is 5.75 Å². The fourth-order valence-corrected chi connectivity index (χ4v) is 1.55. The van der Waals surface area contributed by atoms with Crippen LogP contribution in [0.5, 0.6) is 5.75 Å². The molecule has 3 nitrogen and oxygen atoms in total. The van der Waals surface area contributed by atoms with E-state index in [1.807, 2.05) is 5.32 Å². The number of carbonyl (C=O) groups is 1. The molecule has 0 aromatic heterocycles. The summed E-state index contributed by atoms with van der Waals surface area (Å²) in [7, 11) is 0. The van der Waals surface area contributed by atoms with Crippen molar-refractivity contribution in [2.75, 3.05) is 0 Å². The lowest BCUT2D eigenvalue weighted by molar-refractivity contribution is -0.163. The van der Waals surface area contributed by atoms with Crippen molar-refractivity contribution >= 4 is 5.91 Å². The average molecular weight is 245 g/mol. The number of rotatable bonds is 2. The van der Waals surface area contributed by atoms with Gasteiger partial charge in [-0.25, -0.2) is 0 Å². The van der Waals surface area contributed by atoms with Crippen molar-refractivity contribution in [1.82, 2.24) is 5.32 Å². The Hall–Kier alpha value is -1.72. The molecule has 17 heavy (non-hydrogen) atoms. The van der Waals surface area contributed by atoms with Gasteiger partial charge in [0.1, 0.15) is 11.3 Å². The van der Waals surface area contributed by atoms with Crippen LogP contribution >= 0.6 is 0 Å². The lowest BCUT2D eigenvalue weighted by Gasteiger charge is -2.20. The van der Waals surface area contributed by atoms with Gasteiger partial charge in [-0.05, 0) is 25.0 Å². The van der Waals surface area contributed by atoms with Gasteiger partial charge in [0, 0.05) is 0 Å². The Morgan fingerprint density at radius 2 is 1.88 bits per heavy atom. The quantitative estimate of drug-likeness (QED) is 0.839. The van der Waals surface area contributed by atoms with Gasteiger partial charge in [-0.3, -0.25) is 4.79 Å². The largest absolute Gasteiger partial charge is 0.507 e. The SMILES string of the molecule is O=C(NC1(C(F)(F)F)CC1)c1ccccc1O. The summed E-state index contributed by atoms with van der Waals surface area (Å²) in [6, 6.07) is 5.49. The molecule has 0 bridgehead atoms. The highest BCUT2D eigenvalue weighted by Crippen LogP contribution is 2.49. The number of halogens is 3. The fourth-order valence-electron chi connectivity index (χ4n) is 1.55. The minimum absolute atomic E-state index is 0.115. The molecule has 92 valence electrons. The highest BCUT2D eigenvalue weighted by atomic mass is 19.4. The molecule has 6 heteroatoms. The maximum Gasteiger partial charge on any atom is 0.411 e. The summed E-state index contributed by atoms with van der Waals surface area (Å²) in [4.78, 5) is 11.6. The molecule has 1 aliphatic carbocycles. The van der Waals surface area contributed by atoms with Crippen molar-refractivity contribution in [2.45, 2.75) is 24.6 Å². The van der Waals surface area contributed by atoms with Gasteiger partial charge < -0.3 is 10.4 Å². The predicted octanol–water partition coefficient (Wildman–Crippen LogP) is 2.22. The van der Waals surface area contributed by atoms with E-state index in [1.54, 1.807) is 0 Å². The molecule has 0 atom stereocenters. The van der Waals surface area contributed by atoms with Crippen molar-refractivity contribution in [2.24, 2.45) is 0 Å². The van der Waals surface area contributed by atoms with Gasteiger partial charge in [-0.1, -0.05) is 12.1 Å². The molecule has 1 aromatic rings. The number of phenols is 1. The number of amides is 1. The minimum Gasteiger partial charge on any atom is -0.507 e. The molecule has 0 radical (unpaired) electrons. The molecule has 2 rings (SSSR count). The third-order valence-electron chi connectivity index (χ3n) is 2.79. The first-order chi connectivity index (χ1) is 7.86. The number of hydrogen-bond acceptors (Lipinski definition) is 2. The van der Waals surface area contributed by atoms with Crippen molar-refractivity contribution < 1.29 is 23.1 Å². The molecule has 0 heterocycles. The van der Waals surface area contributed by atoms with E-state index in [0.29, 0.717) is 0 Å². The van der Waals surface area contributed by atoms with Crippen LogP contribution in [0.4, 0.5) is 13.2 Å². The molecule has 1 aliphatic rings. The average Bonchev–Trinajstić information content (AvgIpc) is 2.98. The van der Waals surface area contributed by atoms with E-state index in [9.17, 15) is 23.1 Å². The Kier molecular flexibility index (Phi) is 2.52. The molecule has 0 spiro atoms. The second-order valence-corrected chi connectivity index (χ2v) is 4.05. The van der Waals surface area contributed by atoms with Crippen LogP contribution in [0.1, 0.15) is 23.2 Å². The molecule has 0 aliphatic heterocycles. The summed E-state index contributed by atoms with van der Waals surface area (Å²) in [5, 5.41) is 11.3. The van der Waals surface area contributed by atoms with E-state index >= 15 is 0 Å². The summed E-state index contributed by atoms with van der Waals surface area (Å²) in [6.45, 7) is 0. The zero-order valence-electron chi connectivity index (χ0n) is 8.71. The molecule has 1 amide bonds. The molecule has 0 saturated heterocycles. The van der Waals surface area contributed by atoms with E-state index in [4.69, 9.17) is 0 Å². The highest BCUT2D eigenvalue weighted by molar-refractivity contribution is 5.97. The first-order valence-corrected chi connectivity index (χ1v) is 5.03. The number of hydrogen-bond donors (Lipinski definition) is 2. The van der Waals surface area contributed by atoms with E-state index in [-0.39, 0.29) is 24.2 Å². The molecular weight excluding hydrogens is 235 g/mol. The zero-order valence-corrected chi connectivity index (χ0v) is 8.71. The maximum absolute atomic E-state index is 12.6. The van der Waals surface area contributed by atoms with Crippen LogP contribution in [0.3, 0.4) is 0 Å². The number of nitrogens with one attached hydrogen (secondary N) is 1. The highest BCUT2D eigenvalue weighted by Gasteiger charge is 2.64. The second-order valence-electron chi connectivity index (χ2n) is 4.05. The van der Waals surface area contributed by atoms with E-state index in [2.05, 4.69) is 0 Å². The summed E-state index contributed by atoms with van der Waals surface area (Å²) < 4.78 is 37.8. The van der Waals surface area contributed by atoms with E-state index in [0.717, 1.165) is 0 Å². The minimum atomic E-state index is -4.45. The summed E-state index contributed by atoms with van der Waals surface area (Å²) in [5.74, 6) is -1.24. The van der Waals surface area contributed by atoms with Crippen LogP contribution in [0.25, 0.3) is 0 Å². The number of para-hydroxylation sites is 1. The Labute approximate surface area is 95.3 Å². The van der Waals surface area contributed by atoms with Crippen molar-refractivity contribution in [1.29, 1.82) is 0 Å². The number of carbonyl (C=O) groups excluding carboxylic acids is 1. The smallest absolute Gasteiger partial charge is 0.411 e. The summed E-state index contributed by atoms with van der Waals surface area (Å²) in [6.07, 6.45) is -4.68. The van der Waals surface area contributed by atoms with Gasteiger partial charge in [-0.2, -0.15) is 13.2 Å². The maximum atomic E-state index is 12.6. The first kappa shape index (κ1) is 11.8. The first-order valence-electron chi connectivity index (χ1n) is 5.03. The summed E-state index contributed by atoms with van der Waals surface area (Å²) in [5.41, 5.74) is -2.25. The monoisotopic (exact) mass is 245 g/mol. The van der Waals surface area contributed by atoms with Gasteiger partial charge in [-0.15, -0.1) is 0 Å². The Balaban J connectivity index is 2.16. The molecular formula is C11H10F3NO2. The molecule has 0 unspecified atom stereocenters. The second kappa shape index (κ2) is 3.65. The zero-order chi connectivity index (χ0) is 12.7. The predicted molar refractivity (Wildman–Crippen MR) is 53.6 cm³/mol. The fraction of sp³-hybridized carbons (Fsp3) is 0.364. The summed E-state index contributed by atoms with van der Waals surface area (Å²) >= 11 is 0. The molecule has 1 saturated carbocycles. The number of alkyl halides is 3. The van der Waals surface area contributed by atoms with Gasteiger partial charge in [0.25, 0.3) is 5.91 Å². The third kappa shape index (κ3) is 2.07. The van der Waals surface area contributed by atoms with Crippen LogP contribution in [-0.4, -0.2) is 22.7 Å². The Morgan fingerprint density at radius 3 is 2.35 bits per heavy atom. The number of aromatic hydroxyl groups is 1. The van der Waals surface area contributed by atoms with Crippen molar-refractivity contribution in [3.05, 3.63) is 29.8 Å². The van der Waals surface area contributed by atoms with E-state index in [1.165, 1.54) is 24.3 Å². The standard InChI is InChI=1S/C11H10F3NO2/c12-11(13,14)10(5-6-10)15-9(17)7-3-1-2-4-8(7)16/h1-4,16H,5-6H2,(H,15,17). The normalized spacial score (nSPS) is 17.6. The van der Waals surface area contributed by atoms with E-state index < -0.39 is 17.6 Å². The lowest BCUT2D eigenvalue weighted by Crippen LogP contribution is -2.47. The Bertz CT molecular complexity index is 452. The molecule has 2 N–H and O–H groups in total. The number of phenolic OH excluding ortho intramolecular Hbond substituents is 1. The van der Waals surface area contributed by atoms with Crippen molar-refractivity contribution in [3.63, 3.8) is 0 Å². The lowest BCUT2D eigenvalue weighted by atomic mass is 10.1. The van der Waals surface area contributed by atoms with Crippen LogP contribution in [0, 0.1) is 0 Å². The van der Waals surface area contributed by atoms with Crippen LogP contribution in [0.2, 0.25) is 0 Å². The third-order valence-corrected chi connectivity index (χ3v) is 2.79.